The van der Waals surface area contributed by atoms with Crippen molar-refractivity contribution >= 4 is 17.4 Å². The number of aromatic nitrogens is 1. The highest BCUT2D eigenvalue weighted by Crippen LogP contribution is 2.40. The smallest absolute Gasteiger partial charge is 0.295 e. The number of ketones is 1. The van der Waals surface area contributed by atoms with Crippen LogP contribution in [0.3, 0.4) is 0 Å². The summed E-state index contributed by atoms with van der Waals surface area (Å²) in [6.07, 6.45) is 5.99. The molecule has 7 nitrogen and oxygen atoms in total. The molecule has 33 heavy (non-hydrogen) atoms. The Labute approximate surface area is 195 Å². The van der Waals surface area contributed by atoms with Crippen molar-refractivity contribution in [2.45, 2.75) is 39.2 Å². The number of unbranched alkanes of at least 4 members (excludes halogenated alkanes) is 1. The molecule has 2 heterocycles. The number of carbonyl (C=O) groups is 2. The van der Waals surface area contributed by atoms with Crippen LogP contribution in [-0.4, -0.2) is 65.4 Å². The topological polar surface area (TPSA) is 83.0 Å². The lowest BCUT2D eigenvalue weighted by atomic mass is 9.94. The molecule has 7 heteroatoms. The van der Waals surface area contributed by atoms with Gasteiger partial charge in [-0.25, -0.2) is 0 Å². The SMILES string of the molecule is CCCCOc1ccc(/C(O)=C2\C(=O)C(=O)N(CCCN(C)C)[C@@H]2c2cccnc2)c(C)c1. The van der Waals surface area contributed by atoms with Crippen molar-refractivity contribution in [3.63, 3.8) is 0 Å². The van der Waals surface area contributed by atoms with Crippen LogP contribution in [-0.2, 0) is 9.59 Å². The quantitative estimate of drug-likeness (QED) is 0.255. The van der Waals surface area contributed by atoms with Crippen LogP contribution in [0.4, 0.5) is 0 Å². The van der Waals surface area contributed by atoms with Crippen molar-refractivity contribution < 1.29 is 19.4 Å². The molecule has 1 fully saturated rings. The van der Waals surface area contributed by atoms with E-state index in [1.165, 1.54) is 0 Å². The second-order valence-corrected chi connectivity index (χ2v) is 8.61. The van der Waals surface area contributed by atoms with E-state index < -0.39 is 17.7 Å². The van der Waals surface area contributed by atoms with Crippen LogP contribution >= 0.6 is 0 Å². The molecule has 176 valence electrons. The van der Waals surface area contributed by atoms with Gasteiger partial charge in [-0.2, -0.15) is 0 Å². The van der Waals surface area contributed by atoms with Crippen LogP contribution < -0.4 is 4.74 Å². The van der Waals surface area contributed by atoms with Crippen molar-refractivity contribution in [2.75, 3.05) is 33.8 Å². The van der Waals surface area contributed by atoms with E-state index >= 15 is 0 Å². The maximum absolute atomic E-state index is 13.1. The second kappa shape index (κ2) is 11.1. The Bertz CT molecular complexity index is 1020. The maximum atomic E-state index is 13.1. The number of rotatable bonds is 10. The molecule has 0 bridgehead atoms. The van der Waals surface area contributed by atoms with Gasteiger partial charge in [-0.15, -0.1) is 0 Å². The lowest BCUT2D eigenvalue weighted by molar-refractivity contribution is -0.139. The number of pyridine rings is 1. The van der Waals surface area contributed by atoms with Gasteiger partial charge in [0, 0.05) is 24.5 Å². The summed E-state index contributed by atoms with van der Waals surface area (Å²) in [6, 6.07) is 8.28. The van der Waals surface area contributed by atoms with E-state index in [2.05, 4.69) is 11.9 Å². The van der Waals surface area contributed by atoms with Crippen LogP contribution in [0.15, 0.2) is 48.3 Å². The number of aryl methyl sites for hydroxylation is 1. The van der Waals surface area contributed by atoms with Crippen LogP contribution in [0.1, 0.15) is 48.9 Å². The number of carbonyl (C=O) groups excluding carboxylic acids is 2. The summed E-state index contributed by atoms with van der Waals surface area (Å²) in [4.78, 5) is 33.8. The summed E-state index contributed by atoms with van der Waals surface area (Å²) >= 11 is 0. The number of aliphatic hydroxyl groups is 1. The zero-order valence-electron chi connectivity index (χ0n) is 19.9. The Morgan fingerprint density at radius 3 is 2.64 bits per heavy atom. The van der Waals surface area contributed by atoms with Crippen LogP contribution in [0.2, 0.25) is 0 Å². The number of nitrogens with zero attached hydrogens (tertiary/aromatic N) is 3. The van der Waals surface area contributed by atoms with Crippen molar-refractivity contribution in [2.24, 2.45) is 0 Å². The fourth-order valence-corrected chi connectivity index (χ4v) is 4.02. The third-order valence-corrected chi connectivity index (χ3v) is 5.76. The Morgan fingerprint density at radius 1 is 1.21 bits per heavy atom. The minimum atomic E-state index is -0.680. The Morgan fingerprint density at radius 2 is 2.00 bits per heavy atom. The second-order valence-electron chi connectivity index (χ2n) is 8.61. The fraction of sp³-hybridized carbons (Fsp3) is 0.423. The van der Waals surface area contributed by atoms with Gasteiger partial charge in [0.25, 0.3) is 11.7 Å². The maximum Gasteiger partial charge on any atom is 0.295 e. The van der Waals surface area contributed by atoms with E-state index in [1.54, 1.807) is 35.5 Å². The summed E-state index contributed by atoms with van der Waals surface area (Å²) in [5.74, 6) is -0.726. The van der Waals surface area contributed by atoms with Gasteiger partial charge in [0.15, 0.2) is 0 Å². The van der Waals surface area contributed by atoms with Crippen LogP contribution in [0.5, 0.6) is 5.75 Å². The molecule has 1 saturated heterocycles. The third-order valence-electron chi connectivity index (χ3n) is 5.76. The zero-order valence-corrected chi connectivity index (χ0v) is 19.9. The molecule has 0 radical (unpaired) electrons. The highest BCUT2D eigenvalue weighted by atomic mass is 16.5. The Balaban J connectivity index is 2.00. The molecule has 1 amide bonds. The molecule has 0 aliphatic carbocycles. The van der Waals surface area contributed by atoms with Gasteiger partial charge in [-0.1, -0.05) is 19.4 Å². The summed E-state index contributed by atoms with van der Waals surface area (Å²) in [6.45, 7) is 5.77. The van der Waals surface area contributed by atoms with E-state index in [1.807, 2.05) is 38.1 Å². The zero-order chi connectivity index (χ0) is 24.0. The summed E-state index contributed by atoms with van der Waals surface area (Å²) < 4.78 is 5.76. The average Bonchev–Trinajstić information content (AvgIpc) is 3.04. The molecule has 1 atom stereocenters. The summed E-state index contributed by atoms with van der Waals surface area (Å²) in [5, 5.41) is 11.3. The van der Waals surface area contributed by atoms with Gasteiger partial charge in [-0.05, 0) is 75.8 Å². The van der Waals surface area contributed by atoms with E-state index in [9.17, 15) is 14.7 Å². The average molecular weight is 452 g/mol. The number of ether oxygens (including phenoxy) is 1. The number of benzene rings is 1. The van der Waals surface area contributed by atoms with Crippen molar-refractivity contribution in [3.8, 4) is 5.75 Å². The molecule has 1 aliphatic rings. The molecule has 1 aromatic carbocycles. The van der Waals surface area contributed by atoms with E-state index in [0.717, 1.165) is 24.9 Å². The number of Topliss-reactive ketones (excluding diaryl/α,β-unsaturated/α-hetero) is 1. The lowest BCUT2D eigenvalue weighted by Crippen LogP contribution is -2.32. The van der Waals surface area contributed by atoms with Gasteiger partial charge < -0.3 is 19.6 Å². The molecule has 3 rings (SSSR count). The largest absolute Gasteiger partial charge is 0.507 e. The molecule has 2 aromatic rings. The molecular weight excluding hydrogens is 418 g/mol. The van der Waals surface area contributed by atoms with Crippen molar-refractivity contribution in [1.29, 1.82) is 0 Å². The van der Waals surface area contributed by atoms with E-state index in [0.29, 0.717) is 36.4 Å². The molecule has 1 N–H and O–H groups in total. The molecule has 1 aromatic heterocycles. The first-order valence-corrected chi connectivity index (χ1v) is 11.4. The van der Waals surface area contributed by atoms with Gasteiger partial charge in [0.1, 0.15) is 11.5 Å². The minimum absolute atomic E-state index is 0.0978. The molecule has 1 aliphatic heterocycles. The normalized spacial score (nSPS) is 17.7. The monoisotopic (exact) mass is 451 g/mol. The first-order chi connectivity index (χ1) is 15.8. The number of amides is 1. The van der Waals surface area contributed by atoms with Gasteiger partial charge in [0.2, 0.25) is 0 Å². The van der Waals surface area contributed by atoms with Gasteiger partial charge in [-0.3, -0.25) is 14.6 Å². The molecule has 0 saturated carbocycles. The first kappa shape index (κ1) is 24.5. The predicted molar refractivity (Wildman–Crippen MR) is 128 cm³/mol. The molecule has 0 unspecified atom stereocenters. The number of aliphatic hydroxyl groups excluding tert-OH is 1. The summed E-state index contributed by atoms with van der Waals surface area (Å²) in [7, 11) is 3.93. The number of hydrogen-bond donors (Lipinski definition) is 1. The van der Waals surface area contributed by atoms with E-state index in [-0.39, 0.29) is 11.3 Å². The highest BCUT2D eigenvalue weighted by molar-refractivity contribution is 6.46. The standard InChI is InChI=1S/C26H33N3O4/c1-5-6-15-33-20-10-11-21(18(2)16-20)24(30)22-23(19-9-7-12-27-17-19)29(26(32)25(22)31)14-8-13-28(3)4/h7,9-12,16-17,23,30H,5-6,8,13-15H2,1-4H3/b24-22+/t23-/m1/s1. The molecular formula is C26H33N3O4. The minimum Gasteiger partial charge on any atom is -0.507 e. The first-order valence-electron chi connectivity index (χ1n) is 11.4. The number of likely N-dealkylation sites (tertiary alicyclic amines) is 1. The van der Waals surface area contributed by atoms with Gasteiger partial charge >= 0.3 is 0 Å². The van der Waals surface area contributed by atoms with Crippen LogP contribution in [0, 0.1) is 6.92 Å². The lowest BCUT2D eigenvalue weighted by Gasteiger charge is -2.25. The number of hydrogen-bond acceptors (Lipinski definition) is 6. The van der Waals surface area contributed by atoms with E-state index in [4.69, 9.17) is 4.74 Å². The van der Waals surface area contributed by atoms with Crippen molar-refractivity contribution in [3.05, 3.63) is 65.0 Å². The van der Waals surface area contributed by atoms with Gasteiger partial charge in [0.05, 0.1) is 18.2 Å². The Hall–Kier alpha value is -3.19. The molecule has 0 spiro atoms. The highest BCUT2D eigenvalue weighted by Gasteiger charge is 2.46. The Kier molecular flexibility index (Phi) is 8.22. The van der Waals surface area contributed by atoms with Crippen molar-refractivity contribution in [1.82, 2.24) is 14.8 Å². The van der Waals surface area contributed by atoms with Crippen LogP contribution in [0.25, 0.3) is 5.76 Å². The predicted octanol–water partition coefficient (Wildman–Crippen LogP) is 3.94. The fourth-order valence-electron chi connectivity index (χ4n) is 4.02. The third kappa shape index (κ3) is 5.60. The summed E-state index contributed by atoms with van der Waals surface area (Å²) in [5.41, 5.74) is 2.07.